The summed E-state index contributed by atoms with van der Waals surface area (Å²) in [6.45, 7) is 0.741. The summed E-state index contributed by atoms with van der Waals surface area (Å²) in [7, 11) is 0. The summed E-state index contributed by atoms with van der Waals surface area (Å²) in [5.41, 5.74) is 1.90. The lowest BCUT2D eigenvalue weighted by molar-refractivity contribution is 0.0592. The number of halogens is 2. The van der Waals surface area contributed by atoms with E-state index in [1.807, 2.05) is 4.57 Å². The Morgan fingerprint density at radius 3 is 3.04 bits per heavy atom. The zero-order chi connectivity index (χ0) is 15.8. The molecule has 6 nitrogen and oxygen atoms in total. The van der Waals surface area contributed by atoms with Crippen molar-refractivity contribution in [2.24, 2.45) is 0 Å². The Morgan fingerprint density at radius 2 is 2.26 bits per heavy atom. The maximum atomic E-state index is 13.4. The zero-order valence-electron chi connectivity index (χ0n) is 12.0. The maximum absolute atomic E-state index is 13.4. The average Bonchev–Trinajstić information content (AvgIpc) is 3.15. The van der Waals surface area contributed by atoms with Crippen molar-refractivity contribution in [3.8, 4) is 0 Å². The van der Waals surface area contributed by atoms with Crippen molar-refractivity contribution in [1.82, 2.24) is 19.5 Å². The fraction of sp³-hybridized carbons (Fsp3) is 0.267. The highest BCUT2D eigenvalue weighted by molar-refractivity contribution is 9.10. The van der Waals surface area contributed by atoms with E-state index in [4.69, 9.17) is 4.74 Å². The van der Waals surface area contributed by atoms with Gasteiger partial charge in [-0.15, -0.1) is 0 Å². The lowest BCUT2D eigenvalue weighted by atomic mass is 10.3. The fourth-order valence-electron chi connectivity index (χ4n) is 2.67. The summed E-state index contributed by atoms with van der Waals surface area (Å²) in [6, 6.07) is 6.19. The Kier molecular flexibility index (Phi) is 3.70. The minimum Gasteiger partial charge on any atom is -0.358 e. The number of rotatable bonds is 3. The Labute approximate surface area is 139 Å². The Bertz CT molecular complexity index is 862. The molecule has 1 aromatic carbocycles. The van der Waals surface area contributed by atoms with Crippen LogP contribution in [0.3, 0.4) is 0 Å². The molecule has 1 saturated heterocycles. The minimum absolute atomic E-state index is 0.0520. The predicted octanol–water partition coefficient (Wildman–Crippen LogP) is 3.78. The molecule has 8 heteroatoms. The van der Waals surface area contributed by atoms with Crippen LogP contribution >= 0.6 is 15.9 Å². The summed E-state index contributed by atoms with van der Waals surface area (Å²) in [4.78, 5) is 13.1. The van der Waals surface area contributed by atoms with E-state index >= 15 is 0 Å². The van der Waals surface area contributed by atoms with Crippen molar-refractivity contribution in [2.75, 3.05) is 11.9 Å². The minimum atomic E-state index is -0.316. The third kappa shape index (κ3) is 2.79. The van der Waals surface area contributed by atoms with Gasteiger partial charge in [0.1, 0.15) is 12.0 Å². The number of fused-ring (bicyclic) bond motifs is 1. The summed E-state index contributed by atoms with van der Waals surface area (Å²) >= 11 is 3.32. The molecular weight excluding hydrogens is 365 g/mol. The zero-order valence-corrected chi connectivity index (χ0v) is 13.6. The molecule has 0 radical (unpaired) electrons. The van der Waals surface area contributed by atoms with E-state index in [0.717, 1.165) is 19.4 Å². The van der Waals surface area contributed by atoms with Crippen LogP contribution in [0.1, 0.15) is 19.1 Å². The van der Waals surface area contributed by atoms with Crippen LogP contribution in [0, 0.1) is 5.82 Å². The van der Waals surface area contributed by atoms with Crippen LogP contribution in [-0.2, 0) is 4.74 Å². The Morgan fingerprint density at radius 1 is 1.35 bits per heavy atom. The first-order chi connectivity index (χ1) is 11.2. The van der Waals surface area contributed by atoms with Crippen LogP contribution in [0.2, 0.25) is 0 Å². The topological polar surface area (TPSA) is 64.9 Å². The molecule has 0 spiro atoms. The van der Waals surface area contributed by atoms with Crippen molar-refractivity contribution in [1.29, 1.82) is 0 Å². The Hall–Kier alpha value is -2.06. The lowest BCUT2D eigenvalue weighted by Gasteiger charge is -2.12. The van der Waals surface area contributed by atoms with Crippen LogP contribution in [0.25, 0.3) is 11.2 Å². The molecule has 23 heavy (non-hydrogen) atoms. The van der Waals surface area contributed by atoms with E-state index < -0.39 is 0 Å². The van der Waals surface area contributed by atoms with Gasteiger partial charge < -0.3 is 10.1 Å². The highest BCUT2D eigenvalue weighted by Gasteiger charge is 2.22. The second-order valence-corrected chi connectivity index (χ2v) is 5.98. The molecule has 1 aliphatic rings. The molecule has 3 aromatic rings. The largest absolute Gasteiger partial charge is 0.358 e. The van der Waals surface area contributed by atoms with Crippen molar-refractivity contribution in [3.05, 3.63) is 41.1 Å². The van der Waals surface area contributed by atoms with E-state index in [1.54, 1.807) is 18.5 Å². The number of imidazole rings is 1. The summed E-state index contributed by atoms with van der Waals surface area (Å²) in [5, 5.41) is 3.09. The molecule has 1 unspecified atom stereocenters. The van der Waals surface area contributed by atoms with Gasteiger partial charge in [0, 0.05) is 12.3 Å². The number of benzene rings is 1. The molecule has 1 aliphatic heterocycles. The van der Waals surface area contributed by atoms with E-state index in [9.17, 15) is 4.39 Å². The van der Waals surface area contributed by atoms with Crippen molar-refractivity contribution in [2.45, 2.75) is 19.1 Å². The lowest BCUT2D eigenvalue weighted by Crippen LogP contribution is -2.07. The van der Waals surface area contributed by atoms with Gasteiger partial charge in [-0.3, -0.25) is 4.57 Å². The molecule has 4 rings (SSSR count). The quantitative estimate of drug-likeness (QED) is 0.703. The van der Waals surface area contributed by atoms with Gasteiger partial charge in [-0.25, -0.2) is 19.3 Å². The van der Waals surface area contributed by atoms with Gasteiger partial charge in [0.25, 0.3) is 0 Å². The molecule has 0 amide bonds. The fourth-order valence-corrected chi connectivity index (χ4v) is 3.02. The molecule has 118 valence electrons. The Balaban J connectivity index is 1.77. The molecule has 1 atom stereocenters. The van der Waals surface area contributed by atoms with Crippen LogP contribution in [0.15, 0.2) is 35.3 Å². The van der Waals surface area contributed by atoms with Crippen molar-refractivity contribution < 1.29 is 9.13 Å². The summed E-state index contributed by atoms with van der Waals surface area (Å²) in [5.74, 6) is 0.202. The number of hydrogen-bond acceptors (Lipinski definition) is 5. The third-order valence-electron chi connectivity index (χ3n) is 3.70. The van der Waals surface area contributed by atoms with E-state index in [1.165, 1.54) is 12.1 Å². The monoisotopic (exact) mass is 377 g/mol. The molecule has 0 bridgehead atoms. The van der Waals surface area contributed by atoms with Crippen molar-refractivity contribution in [3.63, 3.8) is 0 Å². The van der Waals surface area contributed by atoms with Crippen LogP contribution < -0.4 is 5.32 Å². The molecule has 3 heterocycles. The van der Waals surface area contributed by atoms with Gasteiger partial charge in [-0.1, -0.05) is 6.07 Å². The predicted molar refractivity (Wildman–Crippen MR) is 86.9 cm³/mol. The van der Waals surface area contributed by atoms with Crippen LogP contribution in [-0.4, -0.2) is 26.1 Å². The first-order valence-corrected chi connectivity index (χ1v) is 8.04. The second kappa shape index (κ2) is 5.86. The van der Waals surface area contributed by atoms with E-state index in [2.05, 4.69) is 36.2 Å². The van der Waals surface area contributed by atoms with Gasteiger partial charge in [-0.05, 0) is 47.0 Å². The normalized spacial score (nSPS) is 17.7. The van der Waals surface area contributed by atoms with Gasteiger partial charge in [0.15, 0.2) is 17.0 Å². The van der Waals surface area contributed by atoms with E-state index in [0.29, 0.717) is 27.4 Å². The van der Waals surface area contributed by atoms with Gasteiger partial charge in [-0.2, -0.15) is 0 Å². The highest BCUT2D eigenvalue weighted by atomic mass is 79.9. The first kappa shape index (κ1) is 14.5. The molecule has 0 saturated carbocycles. The van der Waals surface area contributed by atoms with Gasteiger partial charge in [0.05, 0.1) is 6.33 Å². The standard InChI is InChI=1S/C15H13BrFN5O/c16-15-20-13(19-10-4-1-3-9(17)7-10)12-14(21-15)22(8-18-12)11-5-2-6-23-11/h1,3-4,7-8,11H,2,5-6H2,(H,19,20,21). The maximum Gasteiger partial charge on any atom is 0.200 e. The number of anilines is 2. The third-order valence-corrected chi connectivity index (χ3v) is 4.05. The number of nitrogens with zero attached hydrogens (tertiary/aromatic N) is 4. The number of aromatic nitrogens is 4. The number of hydrogen-bond donors (Lipinski definition) is 1. The summed E-state index contributed by atoms with van der Waals surface area (Å²) < 4.78 is 21.4. The molecule has 0 aliphatic carbocycles. The van der Waals surface area contributed by atoms with Gasteiger partial charge in [0.2, 0.25) is 4.73 Å². The van der Waals surface area contributed by atoms with Crippen LogP contribution in [0.5, 0.6) is 0 Å². The molecule has 1 N–H and O–H groups in total. The number of ether oxygens (including phenoxy) is 1. The SMILES string of the molecule is Fc1cccc(Nc2nc(Br)nc3c2ncn3C2CCCO2)c1. The average molecular weight is 378 g/mol. The molecule has 2 aromatic heterocycles. The van der Waals surface area contributed by atoms with E-state index in [-0.39, 0.29) is 12.0 Å². The summed E-state index contributed by atoms with van der Waals surface area (Å²) in [6.07, 6.45) is 3.60. The second-order valence-electron chi connectivity index (χ2n) is 5.27. The van der Waals surface area contributed by atoms with Crippen LogP contribution in [0.4, 0.5) is 15.9 Å². The van der Waals surface area contributed by atoms with Crippen molar-refractivity contribution >= 4 is 38.6 Å². The van der Waals surface area contributed by atoms with Gasteiger partial charge >= 0.3 is 0 Å². The highest BCUT2D eigenvalue weighted by Crippen LogP contribution is 2.30. The molecular formula is C15H13BrFN5O. The number of nitrogens with one attached hydrogen (secondary N) is 1. The first-order valence-electron chi connectivity index (χ1n) is 7.25. The smallest absolute Gasteiger partial charge is 0.200 e. The molecule has 1 fully saturated rings.